The molecule has 0 aromatic heterocycles. The zero-order valence-electron chi connectivity index (χ0n) is 12.5. The van der Waals surface area contributed by atoms with E-state index in [0.717, 1.165) is 4.83 Å². The van der Waals surface area contributed by atoms with E-state index in [9.17, 15) is 0 Å². The van der Waals surface area contributed by atoms with Crippen molar-refractivity contribution >= 4 is 15.9 Å². The number of halogens is 1. The van der Waals surface area contributed by atoms with Crippen molar-refractivity contribution in [2.45, 2.75) is 71.0 Å². The number of alkyl halides is 1. The van der Waals surface area contributed by atoms with E-state index in [0.29, 0.717) is 0 Å². The molecular weight excluding hydrogens is 274 g/mol. The van der Waals surface area contributed by atoms with Crippen molar-refractivity contribution in [3.05, 3.63) is 0 Å². The fourth-order valence-corrected chi connectivity index (χ4v) is 3.20. The molecule has 2 heteroatoms. The van der Waals surface area contributed by atoms with Crippen molar-refractivity contribution in [2.75, 3.05) is 26.2 Å². The average molecular weight is 307 g/mol. The Bertz CT molecular complexity index is 158. The van der Waals surface area contributed by atoms with E-state index in [4.69, 9.17) is 0 Å². The lowest BCUT2D eigenvalue weighted by molar-refractivity contribution is -0.923. The minimum absolute atomic E-state index is 0.751. The van der Waals surface area contributed by atoms with Crippen LogP contribution in [-0.4, -0.2) is 35.5 Å². The lowest BCUT2D eigenvalue weighted by atomic mass is 10.1. The fourth-order valence-electron chi connectivity index (χ4n) is 2.55. The number of quaternary nitrogens is 1. The first kappa shape index (κ1) is 17.4. The normalized spacial score (nSPS) is 13.9. The number of hydrogen-bond acceptors (Lipinski definition) is 0. The smallest absolute Gasteiger partial charge is 0.0786 e. The molecule has 0 radical (unpaired) electrons. The zero-order valence-corrected chi connectivity index (χ0v) is 14.1. The molecule has 0 saturated heterocycles. The van der Waals surface area contributed by atoms with Gasteiger partial charge in [-0.15, -0.1) is 0 Å². The summed E-state index contributed by atoms with van der Waals surface area (Å²) >= 11 is 3.83. The van der Waals surface area contributed by atoms with Gasteiger partial charge in [0, 0.05) is 4.83 Å². The summed E-state index contributed by atoms with van der Waals surface area (Å²) in [5.74, 6) is 0. The average Bonchev–Trinajstić information content (AvgIpc) is 2.36. The van der Waals surface area contributed by atoms with Crippen LogP contribution in [0, 0.1) is 0 Å². The van der Waals surface area contributed by atoms with Crippen LogP contribution in [-0.2, 0) is 0 Å². The standard InChI is InChI=1S/C15H33BrN/c1-5-9-10-12-15(16)13-11-14-17(6-2,7-3)8-4/h15H,5-14H2,1-4H3/q+1. The van der Waals surface area contributed by atoms with Gasteiger partial charge in [0.1, 0.15) is 0 Å². The predicted octanol–water partition coefficient (Wildman–Crippen LogP) is 4.99. The fraction of sp³-hybridized carbons (Fsp3) is 1.00. The van der Waals surface area contributed by atoms with E-state index in [1.54, 1.807) is 0 Å². The summed E-state index contributed by atoms with van der Waals surface area (Å²) < 4.78 is 1.30. The van der Waals surface area contributed by atoms with Gasteiger partial charge in [-0.05, 0) is 40.0 Å². The topological polar surface area (TPSA) is 0 Å². The SMILES string of the molecule is CCCCCC(Br)CCC[N+](CC)(CC)CC. The maximum Gasteiger partial charge on any atom is 0.0786 e. The molecule has 0 saturated carbocycles. The lowest BCUT2D eigenvalue weighted by Crippen LogP contribution is -2.48. The number of hydrogen-bond donors (Lipinski definition) is 0. The molecule has 17 heavy (non-hydrogen) atoms. The molecule has 104 valence electrons. The summed E-state index contributed by atoms with van der Waals surface area (Å²) in [7, 11) is 0. The molecule has 1 unspecified atom stereocenters. The van der Waals surface area contributed by atoms with Crippen LogP contribution in [0.3, 0.4) is 0 Å². The Morgan fingerprint density at radius 1 is 0.824 bits per heavy atom. The van der Waals surface area contributed by atoms with Crippen LogP contribution in [0.25, 0.3) is 0 Å². The Morgan fingerprint density at radius 2 is 1.35 bits per heavy atom. The summed E-state index contributed by atoms with van der Waals surface area (Å²) in [6.45, 7) is 14.5. The van der Waals surface area contributed by atoms with Crippen molar-refractivity contribution in [1.29, 1.82) is 0 Å². The molecule has 0 heterocycles. The van der Waals surface area contributed by atoms with E-state index in [1.165, 1.54) is 69.2 Å². The summed E-state index contributed by atoms with van der Waals surface area (Å²) in [5.41, 5.74) is 0. The maximum atomic E-state index is 3.83. The molecule has 0 N–H and O–H groups in total. The van der Waals surface area contributed by atoms with E-state index >= 15 is 0 Å². The second kappa shape index (κ2) is 10.4. The number of nitrogens with zero attached hydrogens (tertiary/aromatic N) is 1. The zero-order chi connectivity index (χ0) is 13.1. The Labute approximate surface area is 118 Å². The van der Waals surface area contributed by atoms with E-state index in [-0.39, 0.29) is 0 Å². The molecule has 0 rings (SSSR count). The van der Waals surface area contributed by atoms with Gasteiger partial charge in [0.05, 0.1) is 26.2 Å². The molecule has 0 aliphatic rings. The minimum Gasteiger partial charge on any atom is -0.324 e. The van der Waals surface area contributed by atoms with Crippen molar-refractivity contribution in [3.8, 4) is 0 Å². The van der Waals surface area contributed by atoms with Gasteiger partial charge in [0.2, 0.25) is 0 Å². The second-order valence-electron chi connectivity index (χ2n) is 5.25. The second-order valence-corrected chi connectivity index (χ2v) is 6.54. The van der Waals surface area contributed by atoms with Crippen LogP contribution in [0.15, 0.2) is 0 Å². The predicted molar refractivity (Wildman–Crippen MR) is 82.8 cm³/mol. The molecule has 0 amide bonds. The highest BCUT2D eigenvalue weighted by atomic mass is 79.9. The molecule has 0 bridgehead atoms. The molecule has 0 spiro atoms. The summed E-state index contributed by atoms with van der Waals surface area (Å²) in [4.78, 5) is 0.751. The Hall–Kier alpha value is 0.440. The molecule has 0 aromatic carbocycles. The lowest BCUT2D eigenvalue weighted by Gasteiger charge is -2.36. The third-order valence-corrected chi connectivity index (χ3v) is 5.20. The van der Waals surface area contributed by atoms with Gasteiger partial charge in [0.15, 0.2) is 0 Å². The van der Waals surface area contributed by atoms with Gasteiger partial charge < -0.3 is 4.48 Å². The van der Waals surface area contributed by atoms with Gasteiger partial charge in [-0.25, -0.2) is 0 Å². The first-order valence-electron chi connectivity index (χ1n) is 7.63. The van der Waals surface area contributed by atoms with Crippen molar-refractivity contribution in [1.82, 2.24) is 0 Å². The van der Waals surface area contributed by atoms with Gasteiger partial charge >= 0.3 is 0 Å². The minimum atomic E-state index is 0.751. The largest absolute Gasteiger partial charge is 0.324 e. The van der Waals surface area contributed by atoms with E-state index in [1.807, 2.05) is 0 Å². The molecule has 1 nitrogen and oxygen atoms in total. The van der Waals surface area contributed by atoms with Gasteiger partial charge in [-0.3, -0.25) is 0 Å². The molecule has 0 aliphatic carbocycles. The monoisotopic (exact) mass is 306 g/mol. The third-order valence-electron chi connectivity index (χ3n) is 4.28. The van der Waals surface area contributed by atoms with Crippen LogP contribution in [0.4, 0.5) is 0 Å². The number of unbranched alkanes of at least 4 members (excludes halogenated alkanes) is 2. The molecule has 0 aromatic rings. The van der Waals surface area contributed by atoms with Crippen molar-refractivity contribution in [2.24, 2.45) is 0 Å². The highest BCUT2D eigenvalue weighted by molar-refractivity contribution is 9.09. The van der Waals surface area contributed by atoms with Crippen LogP contribution < -0.4 is 0 Å². The molecule has 0 fully saturated rings. The van der Waals surface area contributed by atoms with Gasteiger partial charge in [-0.1, -0.05) is 42.1 Å². The van der Waals surface area contributed by atoms with Crippen LogP contribution in [0.1, 0.15) is 66.2 Å². The summed E-state index contributed by atoms with van der Waals surface area (Å²) in [5, 5.41) is 0. The Balaban J connectivity index is 3.73. The maximum absolute atomic E-state index is 3.83. The summed E-state index contributed by atoms with van der Waals surface area (Å²) in [6.07, 6.45) is 8.20. The summed E-state index contributed by atoms with van der Waals surface area (Å²) in [6, 6.07) is 0. The van der Waals surface area contributed by atoms with E-state index < -0.39 is 0 Å². The third kappa shape index (κ3) is 7.46. The van der Waals surface area contributed by atoms with Crippen molar-refractivity contribution in [3.63, 3.8) is 0 Å². The number of rotatable bonds is 11. The van der Waals surface area contributed by atoms with Crippen molar-refractivity contribution < 1.29 is 4.48 Å². The van der Waals surface area contributed by atoms with Crippen LogP contribution >= 0.6 is 15.9 Å². The highest BCUT2D eigenvalue weighted by Crippen LogP contribution is 2.18. The quantitative estimate of drug-likeness (QED) is 0.287. The highest BCUT2D eigenvalue weighted by Gasteiger charge is 2.20. The van der Waals surface area contributed by atoms with Crippen LogP contribution in [0.2, 0.25) is 0 Å². The van der Waals surface area contributed by atoms with E-state index in [2.05, 4.69) is 43.6 Å². The van der Waals surface area contributed by atoms with Gasteiger partial charge in [0.25, 0.3) is 0 Å². The van der Waals surface area contributed by atoms with Gasteiger partial charge in [-0.2, -0.15) is 0 Å². The first-order valence-corrected chi connectivity index (χ1v) is 8.54. The molecule has 1 atom stereocenters. The molecular formula is C15H33BrN+. The Kier molecular flexibility index (Phi) is 10.6. The Morgan fingerprint density at radius 3 is 1.82 bits per heavy atom. The van der Waals surface area contributed by atoms with Crippen LogP contribution in [0.5, 0.6) is 0 Å². The molecule has 0 aliphatic heterocycles. The first-order chi connectivity index (χ1) is 8.14.